The molecule has 0 radical (unpaired) electrons. The van der Waals surface area contributed by atoms with Crippen LogP contribution < -0.4 is 5.32 Å². The summed E-state index contributed by atoms with van der Waals surface area (Å²) < 4.78 is 14.1. The molecule has 88 valence electrons. The lowest BCUT2D eigenvalue weighted by molar-refractivity contribution is 0.632. The van der Waals surface area contributed by atoms with Gasteiger partial charge in [0.1, 0.15) is 11.6 Å². The molecule has 1 aromatic carbocycles. The van der Waals surface area contributed by atoms with Crippen LogP contribution in [0.25, 0.3) is 0 Å². The molecule has 0 aliphatic rings. The summed E-state index contributed by atoms with van der Waals surface area (Å²) in [7, 11) is 0. The molecule has 2 aromatic rings. The molecule has 17 heavy (non-hydrogen) atoms. The van der Waals surface area contributed by atoms with Gasteiger partial charge in [-0.15, -0.1) is 0 Å². The summed E-state index contributed by atoms with van der Waals surface area (Å²) in [5.74, 6) is -0.129. The molecule has 0 atom stereocenters. The molecule has 3 nitrogen and oxygen atoms in total. The molecule has 0 spiro atoms. The van der Waals surface area contributed by atoms with Crippen molar-refractivity contribution in [2.75, 3.05) is 5.32 Å². The van der Waals surface area contributed by atoms with Gasteiger partial charge >= 0.3 is 0 Å². The van der Waals surface area contributed by atoms with Crippen LogP contribution in [0, 0.1) is 5.82 Å². The van der Waals surface area contributed by atoms with Crippen molar-refractivity contribution in [2.45, 2.75) is 0 Å². The van der Waals surface area contributed by atoms with Gasteiger partial charge in [0.15, 0.2) is 0 Å². The van der Waals surface area contributed by atoms with Crippen LogP contribution in [0.1, 0.15) is 0 Å². The average molecular weight is 337 g/mol. The molecular weight excluding hydrogens is 332 g/mol. The predicted octanol–water partition coefficient (Wildman–Crippen LogP) is 4.43. The molecule has 0 aliphatic carbocycles. The first-order valence-corrected chi connectivity index (χ1v) is 6.02. The van der Waals surface area contributed by atoms with Gasteiger partial charge in [0.25, 0.3) is 0 Å². The Bertz CT molecular complexity index is 545. The van der Waals surface area contributed by atoms with Crippen LogP contribution in [0.5, 0.6) is 0 Å². The molecule has 0 fully saturated rings. The third kappa shape index (κ3) is 2.86. The second-order valence-electron chi connectivity index (χ2n) is 3.06. The van der Waals surface area contributed by atoms with E-state index in [2.05, 4.69) is 31.2 Å². The fourth-order valence-electron chi connectivity index (χ4n) is 1.17. The van der Waals surface area contributed by atoms with Gasteiger partial charge in [-0.1, -0.05) is 17.7 Å². The fraction of sp³-hybridized carbons (Fsp3) is 0. The summed E-state index contributed by atoms with van der Waals surface area (Å²) in [6, 6.07) is 4.39. The summed E-state index contributed by atoms with van der Waals surface area (Å²) in [5, 5.41) is 3.07. The third-order valence-corrected chi connectivity index (χ3v) is 3.00. The molecular formula is C10H5BrCl2FN3. The highest BCUT2D eigenvalue weighted by Crippen LogP contribution is 2.30. The monoisotopic (exact) mass is 335 g/mol. The van der Waals surface area contributed by atoms with Crippen molar-refractivity contribution >= 4 is 50.6 Å². The number of hydrogen-bond donors (Lipinski definition) is 1. The van der Waals surface area contributed by atoms with Gasteiger partial charge in [-0.3, -0.25) is 0 Å². The summed E-state index contributed by atoms with van der Waals surface area (Å²) in [5.41, 5.74) is 0.143. The highest BCUT2D eigenvalue weighted by molar-refractivity contribution is 9.10. The Balaban J connectivity index is 2.41. The van der Waals surface area contributed by atoms with Gasteiger partial charge in [0.05, 0.1) is 15.2 Å². The van der Waals surface area contributed by atoms with E-state index < -0.39 is 5.82 Å². The van der Waals surface area contributed by atoms with Gasteiger partial charge in [-0.25, -0.2) is 9.37 Å². The van der Waals surface area contributed by atoms with Crippen LogP contribution in [0.2, 0.25) is 10.3 Å². The van der Waals surface area contributed by atoms with Gasteiger partial charge in [0, 0.05) is 6.20 Å². The first kappa shape index (κ1) is 12.5. The van der Waals surface area contributed by atoms with E-state index in [1.165, 1.54) is 18.3 Å². The molecule has 1 aromatic heterocycles. The minimum Gasteiger partial charge on any atom is -0.336 e. The second kappa shape index (κ2) is 5.16. The number of nitrogens with one attached hydrogen (secondary N) is 1. The van der Waals surface area contributed by atoms with Gasteiger partial charge in [0.2, 0.25) is 5.28 Å². The fourth-order valence-corrected chi connectivity index (χ4v) is 1.80. The van der Waals surface area contributed by atoms with Crippen LogP contribution in [0.4, 0.5) is 15.9 Å². The normalized spacial score (nSPS) is 10.4. The molecule has 2 rings (SSSR count). The Hall–Kier alpha value is -0.910. The zero-order valence-electron chi connectivity index (χ0n) is 8.22. The SMILES string of the molecule is Fc1cccc(Cl)c1Nc1nc(Cl)ncc1Br. The van der Waals surface area contributed by atoms with E-state index in [0.29, 0.717) is 10.3 Å². The standard InChI is InChI=1S/C10H5BrCl2FN3/c11-5-4-15-10(13)17-9(5)16-8-6(12)2-1-3-7(8)14/h1-4H,(H,15,16,17). The van der Waals surface area contributed by atoms with E-state index in [1.807, 2.05) is 0 Å². The quantitative estimate of drug-likeness (QED) is 0.824. The Kier molecular flexibility index (Phi) is 3.81. The zero-order chi connectivity index (χ0) is 12.4. The predicted molar refractivity (Wildman–Crippen MR) is 69.4 cm³/mol. The third-order valence-electron chi connectivity index (χ3n) is 1.92. The number of benzene rings is 1. The van der Waals surface area contributed by atoms with Crippen molar-refractivity contribution in [3.05, 3.63) is 45.0 Å². The van der Waals surface area contributed by atoms with Crippen LogP contribution in [-0.2, 0) is 0 Å². The molecule has 7 heteroatoms. The van der Waals surface area contributed by atoms with Crippen molar-refractivity contribution < 1.29 is 4.39 Å². The second-order valence-corrected chi connectivity index (χ2v) is 4.66. The highest BCUT2D eigenvalue weighted by Gasteiger charge is 2.10. The van der Waals surface area contributed by atoms with Gasteiger partial charge < -0.3 is 5.32 Å². The van der Waals surface area contributed by atoms with E-state index in [-0.39, 0.29) is 16.0 Å². The number of para-hydroxylation sites is 1. The number of aromatic nitrogens is 2. The number of halogens is 4. The molecule has 0 saturated carbocycles. The molecule has 0 bridgehead atoms. The summed E-state index contributed by atoms with van der Waals surface area (Å²) >= 11 is 14.8. The van der Waals surface area contributed by atoms with E-state index >= 15 is 0 Å². The Morgan fingerprint density at radius 1 is 1.29 bits per heavy atom. The average Bonchev–Trinajstić information content (AvgIpc) is 2.28. The van der Waals surface area contributed by atoms with Crippen LogP contribution in [0.3, 0.4) is 0 Å². The maximum absolute atomic E-state index is 13.5. The van der Waals surface area contributed by atoms with Crippen molar-refractivity contribution in [3.63, 3.8) is 0 Å². The largest absolute Gasteiger partial charge is 0.336 e. The summed E-state index contributed by atoms with van der Waals surface area (Å²) in [4.78, 5) is 7.69. The molecule has 0 saturated heterocycles. The Morgan fingerprint density at radius 2 is 2.06 bits per heavy atom. The molecule has 0 aliphatic heterocycles. The smallest absolute Gasteiger partial charge is 0.224 e. The number of nitrogens with zero attached hydrogens (tertiary/aromatic N) is 2. The van der Waals surface area contributed by atoms with Gasteiger partial charge in [-0.05, 0) is 39.7 Å². The minimum absolute atomic E-state index is 0.0585. The molecule has 0 unspecified atom stereocenters. The Morgan fingerprint density at radius 3 is 2.76 bits per heavy atom. The molecule has 0 amide bonds. The van der Waals surface area contributed by atoms with Crippen molar-refractivity contribution in [1.29, 1.82) is 0 Å². The number of rotatable bonds is 2. The first-order valence-electron chi connectivity index (χ1n) is 4.47. The lowest BCUT2D eigenvalue weighted by Crippen LogP contribution is -1.99. The van der Waals surface area contributed by atoms with Crippen LogP contribution in [0.15, 0.2) is 28.9 Å². The lowest BCUT2D eigenvalue weighted by Gasteiger charge is -2.09. The van der Waals surface area contributed by atoms with E-state index in [0.717, 1.165) is 0 Å². The summed E-state index contributed by atoms with van der Waals surface area (Å²) in [6.45, 7) is 0. The van der Waals surface area contributed by atoms with Crippen molar-refractivity contribution in [1.82, 2.24) is 9.97 Å². The van der Waals surface area contributed by atoms with Crippen molar-refractivity contribution in [3.8, 4) is 0 Å². The maximum Gasteiger partial charge on any atom is 0.224 e. The zero-order valence-corrected chi connectivity index (χ0v) is 11.3. The maximum atomic E-state index is 13.5. The van der Waals surface area contributed by atoms with Gasteiger partial charge in [-0.2, -0.15) is 4.98 Å². The number of hydrogen-bond acceptors (Lipinski definition) is 3. The van der Waals surface area contributed by atoms with E-state index in [1.54, 1.807) is 6.07 Å². The van der Waals surface area contributed by atoms with Crippen LogP contribution in [-0.4, -0.2) is 9.97 Å². The molecule has 1 heterocycles. The van der Waals surface area contributed by atoms with E-state index in [4.69, 9.17) is 23.2 Å². The van der Waals surface area contributed by atoms with Crippen molar-refractivity contribution in [2.24, 2.45) is 0 Å². The highest BCUT2D eigenvalue weighted by atomic mass is 79.9. The minimum atomic E-state index is -0.473. The Labute approximate surface area is 115 Å². The topological polar surface area (TPSA) is 37.8 Å². The number of anilines is 2. The van der Waals surface area contributed by atoms with Crippen LogP contribution >= 0.6 is 39.1 Å². The van der Waals surface area contributed by atoms with E-state index in [9.17, 15) is 4.39 Å². The first-order chi connectivity index (χ1) is 8.08. The molecule has 1 N–H and O–H groups in total. The lowest BCUT2D eigenvalue weighted by atomic mass is 10.3. The summed E-state index contributed by atoms with van der Waals surface area (Å²) in [6.07, 6.45) is 1.46.